The van der Waals surface area contributed by atoms with Crippen LogP contribution >= 0.6 is 0 Å². The number of benzene rings is 1. The number of aryl methyl sites for hydroxylation is 1. The number of ether oxygens (including phenoxy) is 1. The van der Waals surface area contributed by atoms with Gasteiger partial charge in [-0.25, -0.2) is 4.79 Å². The highest BCUT2D eigenvalue weighted by atomic mass is 16.5. The van der Waals surface area contributed by atoms with Crippen LogP contribution in [0.4, 0.5) is 11.4 Å². The Morgan fingerprint density at radius 3 is 2.80 bits per heavy atom. The van der Waals surface area contributed by atoms with Crippen LogP contribution in [0, 0.1) is 6.92 Å². The number of nitrogens with one attached hydrogen (secondary N) is 1. The summed E-state index contributed by atoms with van der Waals surface area (Å²) >= 11 is 0. The maximum atomic E-state index is 11.7. The minimum Gasteiger partial charge on any atom is -0.465 e. The molecule has 3 N–H and O–H groups in total. The van der Waals surface area contributed by atoms with E-state index >= 15 is 0 Å². The Kier molecular flexibility index (Phi) is 4.30. The van der Waals surface area contributed by atoms with Crippen molar-refractivity contribution in [1.82, 2.24) is 0 Å². The number of hydrogen-bond acceptors (Lipinski definition) is 5. The number of carbonyl (C=O) groups is 1. The molecule has 0 saturated heterocycles. The zero-order chi connectivity index (χ0) is 14.5. The zero-order valence-corrected chi connectivity index (χ0v) is 11.6. The Labute approximate surface area is 117 Å². The van der Waals surface area contributed by atoms with Crippen LogP contribution in [0.15, 0.2) is 34.7 Å². The van der Waals surface area contributed by atoms with Crippen molar-refractivity contribution in [3.63, 3.8) is 0 Å². The molecular formula is C15H18N2O3. The van der Waals surface area contributed by atoms with Gasteiger partial charge in [0.2, 0.25) is 0 Å². The number of anilines is 2. The fraction of sp³-hybridized carbons (Fsp3) is 0.267. The second kappa shape index (κ2) is 6.14. The summed E-state index contributed by atoms with van der Waals surface area (Å²) in [7, 11) is 0. The van der Waals surface area contributed by atoms with Gasteiger partial charge in [-0.05, 0) is 44.2 Å². The third-order valence-corrected chi connectivity index (χ3v) is 2.81. The van der Waals surface area contributed by atoms with E-state index in [2.05, 4.69) is 5.32 Å². The summed E-state index contributed by atoms with van der Waals surface area (Å²) in [5.41, 5.74) is 7.35. The highest BCUT2D eigenvalue weighted by molar-refractivity contribution is 5.96. The molecule has 1 heterocycles. The summed E-state index contributed by atoms with van der Waals surface area (Å²) in [6.45, 7) is 4.52. The maximum absolute atomic E-state index is 11.7. The summed E-state index contributed by atoms with van der Waals surface area (Å²) in [5, 5.41) is 3.18. The third kappa shape index (κ3) is 3.32. The summed E-state index contributed by atoms with van der Waals surface area (Å²) in [5.74, 6) is 1.28. The first-order valence-corrected chi connectivity index (χ1v) is 6.46. The van der Waals surface area contributed by atoms with Gasteiger partial charge in [0.25, 0.3) is 0 Å². The lowest BCUT2D eigenvalue weighted by Crippen LogP contribution is -2.09. The van der Waals surface area contributed by atoms with Crippen molar-refractivity contribution in [1.29, 1.82) is 0 Å². The van der Waals surface area contributed by atoms with Crippen LogP contribution in [0.1, 0.15) is 28.8 Å². The van der Waals surface area contributed by atoms with Gasteiger partial charge in [-0.15, -0.1) is 0 Å². The molecule has 0 aliphatic rings. The molecule has 1 aromatic carbocycles. The van der Waals surface area contributed by atoms with Gasteiger partial charge in [0.1, 0.15) is 11.5 Å². The Morgan fingerprint density at radius 2 is 2.15 bits per heavy atom. The number of hydrogen-bond donors (Lipinski definition) is 2. The fourth-order valence-corrected chi connectivity index (χ4v) is 1.82. The lowest BCUT2D eigenvalue weighted by Gasteiger charge is -2.09. The van der Waals surface area contributed by atoms with Crippen molar-refractivity contribution in [3.05, 3.63) is 47.4 Å². The Balaban J connectivity index is 2.08. The van der Waals surface area contributed by atoms with Crippen molar-refractivity contribution in [2.75, 3.05) is 17.7 Å². The van der Waals surface area contributed by atoms with Crippen molar-refractivity contribution >= 4 is 17.3 Å². The van der Waals surface area contributed by atoms with E-state index in [1.54, 1.807) is 19.1 Å². The minimum atomic E-state index is -0.414. The highest BCUT2D eigenvalue weighted by Crippen LogP contribution is 2.20. The molecule has 1 aromatic heterocycles. The molecular weight excluding hydrogens is 256 g/mol. The van der Waals surface area contributed by atoms with Crippen LogP contribution in [-0.4, -0.2) is 12.6 Å². The monoisotopic (exact) mass is 274 g/mol. The predicted molar refractivity (Wildman–Crippen MR) is 77.6 cm³/mol. The first kappa shape index (κ1) is 14.0. The van der Waals surface area contributed by atoms with Gasteiger partial charge in [0.15, 0.2) is 0 Å². The molecule has 0 amide bonds. The molecule has 0 unspecified atom stereocenters. The van der Waals surface area contributed by atoms with Gasteiger partial charge in [-0.1, -0.05) is 0 Å². The number of nitrogens with two attached hydrogens (primary N) is 1. The van der Waals surface area contributed by atoms with E-state index in [1.165, 1.54) is 0 Å². The number of furan rings is 1. The van der Waals surface area contributed by atoms with E-state index in [9.17, 15) is 4.79 Å². The molecule has 106 valence electrons. The van der Waals surface area contributed by atoms with E-state index in [1.807, 2.05) is 25.1 Å². The molecule has 2 aromatic rings. The standard InChI is InChI=1S/C15H18N2O3/c1-3-19-15(18)13-8-11(5-7-14(13)16)17-9-12-6-4-10(2)20-12/h4-8,17H,3,9,16H2,1-2H3. The van der Waals surface area contributed by atoms with Crippen molar-refractivity contribution in [3.8, 4) is 0 Å². The van der Waals surface area contributed by atoms with Gasteiger partial charge in [-0.3, -0.25) is 0 Å². The maximum Gasteiger partial charge on any atom is 0.340 e. The largest absolute Gasteiger partial charge is 0.465 e. The van der Waals surface area contributed by atoms with E-state index in [0.717, 1.165) is 17.2 Å². The Hall–Kier alpha value is -2.43. The molecule has 0 aliphatic heterocycles. The molecule has 5 nitrogen and oxygen atoms in total. The SMILES string of the molecule is CCOC(=O)c1cc(NCc2ccc(C)o2)ccc1N. The normalized spacial score (nSPS) is 10.3. The van der Waals surface area contributed by atoms with Gasteiger partial charge in [-0.2, -0.15) is 0 Å². The van der Waals surface area contributed by atoms with E-state index in [0.29, 0.717) is 24.4 Å². The molecule has 2 rings (SSSR count). The average molecular weight is 274 g/mol. The summed E-state index contributed by atoms with van der Waals surface area (Å²) in [4.78, 5) is 11.7. The second-order valence-corrected chi connectivity index (χ2v) is 4.39. The fourth-order valence-electron chi connectivity index (χ4n) is 1.82. The van der Waals surface area contributed by atoms with Gasteiger partial charge < -0.3 is 20.2 Å². The van der Waals surface area contributed by atoms with Crippen molar-refractivity contribution < 1.29 is 13.9 Å². The van der Waals surface area contributed by atoms with Crippen LogP contribution in [0.25, 0.3) is 0 Å². The third-order valence-electron chi connectivity index (χ3n) is 2.81. The van der Waals surface area contributed by atoms with Crippen molar-refractivity contribution in [2.45, 2.75) is 20.4 Å². The topological polar surface area (TPSA) is 77.5 Å². The number of rotatable bonds is 5. The lowest BCUT2D eigenvalue weighted by molar-refractivity contribution is 0.0527. The smallest absolute Gasteiger partial charge is 0.340 e. The van der Waals surface area contributed by atoms with E-state index in [4.69, 9.17) is 14.9 Å². The molecule has 20 heavy (non-hydrogen) atoms. The average Bonchev–Trinajstić information content (AvgIpc) is 2.84. The summed E-state index contributed by atoms with van der Waals surface area (Å²) < 4.78 is 10.4. The van der Waals surface area contributed by atoms with Gasteiger partial charge in [0.05, 0.1) is 18.7 Å². The molecule has 0 spiro atoms. The molecule has 0 saturated carbocycles. The molecule has 0 fully saturated rings. The lowest BCUT2D eigenvalue weighted by atomic mass is 10.1. The zero-order valence-electron chi connectivity index (χ0n) is 11.6. The molecule has 0 atom stereocenters. The van der Waals surface area contributed by atoms with Gasteiger partial charge in [0, 0.05) is 11.4 Å². The van der Waals surface area contributed by atoms with Crippen LogP contribution < -0.4 is 11.1 Å². The molecule has 0 bridgehead atoms. The van der Waals surface area contributed by atoms with Gasteiger partial charge >= 0.3 is 5.97 Å². The van der Waals surface area contributed by atoms with Crippen LogP contribution in [-0.2, 0) is 11.3 Å². The first-order chi connectivity index (χ1) is 9.60. The van der Waals surface area contributed by atoms with E-state index in [-0.39, 0.29) is 0 Å². The Morgan fingerprint density at radius 1 is 1.35 bits per heavy atom. The summed E-state index contributed by atoms with van der Waals surface area (Å²) in [6.07, 6.45) is 0. The number of nitrogen functional groups attached to an aromatic ring is 1. The number of carbonyl (C=O) groups excluding carboxylic acids is 1. The minimum absolute atomic E-state index is 0.321. The van der Waals surface area contributed by atoms with Crippen LogP contribution in [0.5, 0.6) is 0 Å². The molecule has 0 aliphatic carbocycles. The second-order valence-electron chi connectivity index (χ2n) is 4.39. The molecule has 0 radical (unpaired) electrons. The number of esters is 1. The Bertz CT molecular complexity index is 605. The predicted octanol–water partition coefficient (Wildman–Crippen LogP) is 2.96. The molecule has 5 heteroatoms. The van der Waals surface area contributed by atoms with Crippen LogP contribution in [0.2, 0.25) is 0 Å². The summed E-state index contributed by atoms with van der Waals surface area (Å²) in [6, 6.07) is 8.99. The van der Waals surface area contributed by atoms with Crippen LogP contribution in [0.3, 0.4) is 0 Å². The van der Waals surface area contributed by atoms with Crippen molar-refractivity contribution in [2.24, 2.45) is 0 Å². The first-order valence-electron chi connectivity index (χ1n) is 6.46. The quantitative estimate of drug-likeness (QED) is 0.647. The highest BCUT2D eigenvalue weighted by Gasteiger charge is 2.11. The van der Waals surface area contributed by atoms with E-state index < -0.39 is 5.97 Å².